The molecule has 0 aliphatic rings. The van der Waals surface area contributed by atoms with Crippen molar-refractivity contribution >= 4 is 35.2 Å². The first-order valence-electron chi connectivity index (χ1n) is 10.5. The topological polar surface area (TPSA) is 55.4 Å². The minimum atomic E-state index is -0.637. The van der Waals surface area contributed by atoms with Gasteiger partial charge < -0.3 is 10.1 Å². The van der Waals surface area contributed by atoms with Crippen LogP contribution in [0.5, 0.6) is 0 Å². The summed E-state index contributed by atoms with van der Waals surface area (Å²) in [7, 11) is 0. The van der Waals surface area contributed by atoms with E-state index >= 15 is 0 Å². The molecule has 0 saturated carbocycles. The molecule has 0 bridgehead atoms. The van der Waals surface area contributed by atoms with Crippen molar-refractivity contribution in [2.45, 2.75) is 85.8 Å². The average Bonchev–Trinajstić information content (AvgIpc) is 2.61. The van der Waals surface area contributed by atoms with Crippen molar-refractivity contribution in [2.75, 3.05) is 17.4 Å². The standard InChI is InChI=1S/C24H40ClNO3S/c1-18(2)10-8-11-19(3)12-9-13-20(4)14-15-30-17-21(22(27)16-25)26-23(28)29-24(5,6)7/h10,12,14,21H,8-9,11,13,15-17H2,1-7H3,(H,26,28)/b19-12+,20-14+/t21-/m0/s1. The van der Waals surface area contributed by atoms with Crippen LogP contribution in [0.2, 0.25) is 0 Å². The molecule has 0 aromatic heterocycles. The Kier molecular flexibility index (Phi) is 15.0. The first-order valence-corrected chi connectivity index (χ1v) is 12.2. The van der Waals surface area contributed by atoms with Crippen molar-refractivity contribution < 1.29 is 14.3 Å². The summed E-state index contributed by atoms with van der Waals surface area (Å²) >= 11 is 7.28. The van der Waals surface area contributed by atoms with E-state index in [1.165, 1.54) is 16.7 Å². The Hall–Kier alpha value is -1.20. The summed E-state index contributed by atoms with van der Waals surface area (Å²) < 4.78 is 5.23. The zero-order chi connectivity index (χ0) is 23.2. The highest BCUT2D eigenvalue weighted by atomic mass is 35.5. The van der Waals surface area contributed by atoms with Gasteiger partial charge in [0.25, 0.3) is 0 Å². The number of ketones is 1. The number of Topliss-reactive ketones (excluding diaryl/α,β-unsaturated/α-hetero) is 1. The fraction of sp³-hybridized carbons (Fsp3) is 0.667. The minimum Gasteiger partial charge on any atom is -0.444 e. The maximum atomic E-state index is 12.0. The average molecular weight is 458 g/mol. The number of halogens is 1. The molecule has 0 aliphatic carbocycles. The molecule has 4 nitrogen and oxygen atoms in total. The Morgan fingerprint density at radius 3 is 2.10 bits per heavy atom. The summed E-state index contributed by atoms with van der Waals surface area (Å²) in [5, 5.41) is 2.63. The Morgan fingerprint density at radius 1 is 1.00 bits per heavy atom. The van der Waals surface area contributed by atoms with Gasteiger partial charge in [-0.15, -0.1) is 11.6 Å². The SMILES string of the molecule is CC(C)=CCC/C(C)=C/CC/C(C)=C/CSC[C@H](NC(=O)OC(C)(C)C)C(=O)CCl. The number of hydrogen-bond donors (Lipinski definition) is 1. The highest BCUT2D eigenvalue weighted by Gasteiger charge is 2.23. The third-order valence-corrected chi connectivity index (χ3v) is 5.40. The molecule has 0 aliphatic heterocycles. The monoisotopic (exact) mass is 457 g/mol. The summed E-state index contributed by atoms with van der Waals surface area (Å²) in [4.78, 5) is 24.0. The van der Waals surface area contributed by atoms with Gasteiger partial charge in [0.2, 0.25) is 0 Å². The summed E-state index contributed by atoms with van der Waals surface area (Å²) in [6, 6.07) is -0.637. The minimum absolute atomic E-state index is 0.130. The lowest BCUT2D eigenvalue weighted by molar-refractivity contribution is -0.118. The molecule has 0 radical (unpaired) electrons. The van der Waals surface area contributed by atoms with Crippen LogP contribution in [0.25, 0.3) is 0 Å². The summed E-state index contributed by atoms with van der Waals surface area (Å²) in [5.41, 5.74) is 3.53. The molecule has 0 saturated heterocycles. The molecule has 1 amide bonds. The largest absolute Gasteiger partial charge is 0.444 e. The van der Waals surface area contributed by atoms with E-state index in [0.717, 1.165) is 31.4 Å². The molecular weight excluding hydrogens is 418 g/mol. The molecule has 0 unspecified atom stereocenters. The van der Waals surface area contributed by atoms with Crippen LogP contribution in [0.15, 0.2) is 34.9 Å². The zero-order valence-electron chi connectivity index (χ0n) is 19.8. The highest BCUT2D eigenvalue weighted by molar-refractivity contribution is 7.99. The smallest absolute Gasteiger partial charge is 0.408 e. The van der Waals surface area contributed by atoms with E-state index in [4.69, 9.17) is 16.3 Å². The molecule has 0 fully saturated rings. The molecule has 0 aromatic rings. The number of rotatable bonds is 13. The van der Waals surface area contributed by atoms with Gasteiger partial charge in [0, 0.05) is 11.5 Å². The summed E-state index contributed by atoms with van der Waals surface area (Å²) in [5.74, 6) is 0.925. The Morgan fingerprint density at radius 2 is 1.57 bits per heavy atom. The lowest BCUT2D eigenvalue weighted by Gasteiger charge is -2.22. The fourth-order valence-corrected chi connectivity index (χ4v) is 3.71. The van der Waals surface area contributed by atoms with E-state index < -0.39 is 17.7 Å². The predicted molar refractivity (Wildman–Crippen MR) is 132 cm³/mol. The third kappa shape index (κ3) is 16.6. The van der Waals surface area contributed by atoms with Gasteiger partial charge in [-0.25, -0.2) is 4.79 Å². The fourth-order valence-electron chi connectivity index (χ4n) is 2.48. The van der Waals surface area contributed by atoms with E-state index in [9.17, 15) is 9.59 Å². The van der Waals surface area contributed by atoms with Gasteiger partial charge in [-0.3, -0.25) is 4.79 Å². The second-order valence-electron chi connectivity index (χ2n) is 8.80. The lowest BCUT2D eigenvalue weighted by Crippen LogP contribution is -2.45. The van der Waals surface area contributed by atoms with Crippen molar-refractivity contribution in [2.24, 2.45) is 0 Å². The second-order valence-corrected chi connectivity index (χ2v) is 10.1. The molecular formula is C24H40ClNO3S. The first kappa shape index (κ1) is 28.8. The van der Waals surface area contributed by atoms with Gasteiger partial charge in [0.05, 0.1) is 5.88 Å². The molecule has 0 rings (SSSR count). The van der Waals surface area contributed by atoms with Crippen molar-refractivity contribution in [3.05, 3.63) is 34.9 Å². The van der Waals surface area contributed by atoms with E-state index in [-0.39, 0.29) is 11.7 Å². The van der Waals surface area contributed by atoms with E-state index in [2.05, 4.69) is 51.2 Å². The molecule has 0 aromatic carbocycles. The second kappa shape index (κ2) is 15.6. The molecule has 0 heterocycles. The third-order valence-electron chi connectivity index (χ3n) is 4.17. The van der Waals surface area contributed by atoms with Gasteiger partial charge in [-0.1, -0.05) is 34.9 Å². The van der Waals surface area contributed by atoms with Crippen molar-refractivity contribution in [3.63, 3.8) is 0 Å². The number of nitrogens with one attached hydrogen (secondary N) is 1. The Labute approximate surface area is 192 Å². The number of ether oxygens (including phenoxy) is 1. The first-order chi connectivity index (χ1) is 13.9. The van der Waals surface area contributed by atoms with Crippen molar-refractivity contribution in [1.82, 2.24) is 5.32 Å². The van der Waals surface area contributed by atoms with Crippen LogP contribution in [0.1, 0.15) is 74.1 Å². The van der Waals surface area contributed by atoms with Crippen LogP contribution in [-0.4, -0.2) is 40.9 Å². The van der Waals surface area contributed by atoms with Crippen LogP contribution >= 0.6 is 23.4 Å². The predicted octanol–water partition coefficient (Wildman–Crippen LogP) is 6.84. The molecule has 6 heteroatoms. The number of alkyl halides is 1. The van der Waals surface area contributed by atoms with Crippen molar-refractivity contribution in [1.29, 1.82) is 0 Å². The van der Waals surface area contributed by atoms with E-state index in [1.807, 2.05) is 0 Å². The lowest BCUT2D eigenvalue weighted by atomic mass is 10.1. The summed E-state index contributed by atoms with van der Waals surface area (Å²) in [6.45, 7) is 13.9. The molecule has 1 atom stereocenters. The number of carbonyl (C=O) groups excluding carboxylic acids is 2. The number of hydrogen-bond acceptors (Lipinski definition) is 4. The zero-order valence-corrected chi connectivity index (χ0v) is 21.3. The van der Waals surface area contributed by atoms with Gasteiger partial charge in [0.1, 0.15) is 11.6 Å². The highest BCUT2D eigenvalue weighted by Crippen LogP contribution is 2.14. The normalized spacial score (nSPS) is 13.6. The Bertz CT molecular complexity index is 629. The molecule has 30 heavy (non-hydrogen) atoms. The van der Waals surface area contributed by atoms with Crippen LogP contribution in [0.4, 0.5) is 4.79 Å². The van der Waals surface area contributed by atoms with Crippen LogP contribution < -0.4 is 5.32 Å². The maximum Gasteiger partial charge on any atom is 0.408 e. The van der Waals surface area contributed by atoms with Crippen LogP contribution in [0, 0.1) is 0 Å². The van der Waals surface area contributed by atoms with E-state index in [0.29, 0.717) is 5.75 Å². The van der Waals surface area contributed by atoms with Gasteiger partial charge in [-0.2, -0.15) is 11.8 Å². The van der Waals surface area contributed by atoms with Crippen LogP contribution in [0.3, 0.4) is 0 Å². The quantitative estimate of drug-likeness (QED) is 0.187. The van der Waals surface area contributed by atoms with Gasteiger partial charge >= 0.3 is 6.09 Å². The summed E-state index contributed by atoms with van der Waals surface area (Å²) in [6.07, 6.45) is 10.5. The number of thioether (sulfide) groups is 1. The van der Waals surface area contributed by atoms with E-state index in [1.54, 1.807) is 32.5 Å². The number of carbonyl (C=O) groups is 2. The van der Waals surface area contributed by atoms with Gasteiger partial charge in [-0.05, 0) is 74.1 Å². The molecule has 0 spiro atoms. The molecule has 172 valence electrons. The maximum absolute atomic E-state index is 12.0. The van der Waals surface area contributed by atoms with Crippen LogP contribution in [-0.2, 0) is 9.53 Å². The number of amides is 1. The van der Waals surface area contributed by atoms with Gasteiger partial charge in [0.15, 0.2) is 5.78 Å². The number of alkyl carbamates (subject to hydrolysis) is 1. The van der Waals surface area contributed by atoms with Crippen molar-refractivity contribution in [3.8, 4) is 0 Å². The number of allylic oxidation sites excluding steroid dienone is 5. The molecule has 1 N–H and O–H groups in total. The Balaban J connectivity index is 4.37.